The quantitative estimate of drug-likeness (QED) is 0.625. The van der Waals surface area contributed by atoms with Gasteiger partial charge >= 0.3 is 0 Å². The summed E-state index contributed by atoms with van der Waals surface area (Å²) in [5.41, 5.74) is 6.85. The van der Waals surface area contributed by atoms with E-state index in [0.29, 0.717) is 24.4 Å². The number of nitrogens with one attached hydrogen (secondary N) is 1. The first-order chi connectivity index (χ1) is 8.66. The lowest BCUT2D eigenvalue weighted by Crippen LogP contribution is -2.27. The molecule has 1 saturated carbocycles. The normalized spacial score (nSPS) is 14.5. The maximum absolute atomic E-state index is 11.8. The van der Waals surface area contributed by atoms with Crippen molar-refractivity contribution in [3.05, 3.63) is 28.2 Å². The highest BCUT2D eigenvalue weighted by atomic mass is 79.9. The second kappa shape index (κ2) is 6.20. The van der Waals surface area contributed by atoms with Gasteiger partial charge in [-0.1, -0.05) is 0 Å². The fraction of sp³-hybridized carbons (Fsp3) is 0.462. The third-order valence-corrected chi connectivity index (χ3v) is 3.56. The van der Waals surface area contributed by atoms with E-state index < -0.39 is 0 Å². The second-order valence-electron chi connectivity index (χ2n) is 4.51. The molecule has 98 valence electrons. The molecule has 4 nitrogen and oxygen atoms in total. The molecule has 1 aromatic carbocycles. The van der Waals surface area contributed by atoms with E-state index in [4.69, 9.17) is 10.5 Å². The van der Waals surface area contributed by atoms with Gasteiger partial charge in [0.1, 0.15) is 0 Å². The van der Waals surface area contributed by atoms with Crippen LogP contribution >= 0.6 is 15.9 Å². The van der Waals surface area contributed by atoms with Gasteiger partial charge in [0.25, 0.3) is 5.91 Å². The summed E-state index contributed by atoms with van der Waals surface area (Å²) in [4.78, 5) is 11.8. The van der Waals surface area contributed by atoms with Crippen molar-refractivity contribution < 1.29 is 9.53 Å². The Labute approximate surface area is 115 Å². The SMILES string of the molecule is Nc1cc(C(=O)NCCOCC2CC2)ccc1Br. The monoisotopic (exact) mass is 312 g/mol. The van der Waals surface area contributed by atoms with Gasteiger partial charge in [-0.3, -0.25) is 4.79 Å². The first kappa shape index (κ1) is 13.4. The highest BCUT2D eigenvalue weighted by Crippen LogP contribution is 2.28. The molecule has 0 radical (unpaired) electrons. The number of carbonyl (C=O) groups is 1. The molecule has 0 aliphatic heterocycles. The topological polar surface area (TPSA) is 64.4 Å². The van der Waals surface area contributed by atoms with Crippen LogP contribution in [0, 0.1) is 5.92 Å². The minimum Gasteiger partial charge on any atom is -0.398 e. The van der Waals surface area contributed by atoms with Crippen LogP contribution < -0.4 is 11.1 Å². The Bertz CT molecular complexity index is 433. The van der Waals surface area contributed by atoms with Crippen molar-refractivity contribution in [1.82, 2.24) is 5.32 Å². The number of benzene rings is 1. The molecule has 0 atom stereocenters. The summed E-state index contributed by atoms with van der Waals surface area (Å²) in [7, 11) is 0. The Morgan fingerprint density at radius 3 is 2.94 bits per heavy atom. The molecule has 0 heterocycles. The van der Waals surface area contributed by atoms with Crippen LogP contribution in [0.2, 0.25) is 0 Å². The van der Waals surface area contributed by atoms with Gasteiger partial charge in [-0.25, -0.2) is 0 Å². The van der Waals surface area contributed by atoms with Gasteiger partial charge in [-0.2, -0.15) is 0 Å². The maximum atomic E-state index is 11.8. The first-order valence-corrected chi connectivity index (χ1v) is 6.87. The molecule has 1 aliphatic rings. The van der Waals surface area contributed by atoms with E-state index in [9.17, 15) is 4.79 Å². The van der Waals surface area contributed by atoms with Crippen LogP contribution in [0.5, 0.6) is 0 Å². The van der Waals surface area contributed by atoms with Crippen LogP contribution in [0.1, 0.15) is 23.2 Å². The predicted octanol–water partition coefficient (Wildman–Crippen LogP) is 2.19. The summed E-state index contributed by atoms with van der Waals surface area (Å²) in [5, 5.41) is 2.80. The third kappa shape index (κ3) is 3.99. The van der Waals surface area contributed by atoms with Crippen molar-refractivity contribution >= 4 is 27.5 Å². The molecule has 18 heavy (non-hydrogen) atoms. The standard InChI is InChI=1S/C13H17BrN2O2/c14-11-4-3-10(7-12(11)15)13(17)16-5-6-18-8-9-1-2-9/h3-4,7,9H,1-2,5-6,8,15H2,(H,16,17). The molecule has 2 rings (SSSR count). The molecule has 0 aromatic heterocycles. The van der Waals surface area contributed by atoms with Crippen molar-refractivity contribution in [3.63, 3.8) is 0 Å². The van der Waals surface area contributed by atoms with Gasteiger partial charge in [0.05, 0.1) is 6.61 Å². The van der Waals surface area contributed by atoms with Gasteiger partial charge in [0.15, 0.2) is 0 Å². The average Bonchev–Trinajstić information content (AvgIpc) is 3.16. The highest BCUT2D eigenvalue weighted by Gasteiger charge is 2.20. The highest BCUT2D eigenvalue weighted by molar-refractivity contribution is 9.10. The summed E-state index contributed by atoms with van der Waals surface area (Å²) in [5.74, 6) is 0.635. The lowest BCUT2D eigenvalue weighted by Gasteiger charge is -2.07. The van der Waals surface area contributed by atoms with Gasteiger partial charge in [-0.05, 0) is 52.9 Å². The Morgan fingerprint density at radius 1 is 1.50 bits per heavy atom. The number of rotatable bonds is 6. The maximum Gasteiger partial charge on any atom is 0.251 e. The number of anilines is 1. The number of nitrogens with two attached hydrogens (primary N) is 1. The van der Waals surface area contributed by atoms with Crippen molar-refractivity contribution in [1.29, 1.82) is 0 Å². The van der Waals surface area contributed by atoms with E-state index in [1.165, 1.54) is 12.8 Å². The van der Waals surface area contributed by atoms with Crippen LogP contribution in [0.3, 0.4) is 0 Å². The average molecular weight is 313 g/mol. The van der Waals surface area contributed by atoms with Crippen LogP contribution in [0.15, 0.2) is 22.7 Å². The van der Waals surface area contributed by atoms with Crippen LogP contribution in [0.25, 0.3) is 0 Å². The van der Waals surface area contributed by atoms with Crippen molar-refractivity contribution in [2.45, 2.75) is 12.8 Å². The number of ether oxygens (including phenoxy) is 1. The van der Waals surface area contributed by atoms with Gasteiger partial charge in [0, 0.05) is 28.9 Å². The smallest absolute Gasteiger partial charge is 0.251 e. The molecule has 1 amide bonds. The zero-order valence-corrected chi connectivity index (χ0v) is 11.7. The van der Waals surface area contributed by atoms with E-state index in [-0.39, 0.29) is 5.91 Å². The van der Waals surface area contributed by atoms with Crippen molar-refractivity contribution in [2.75, 3.05) is 25.5 Å². The summed E-state index contributed by atoms with van der Waals surface area (Å²) >= 11 is 3.29. The molecule has 1 aliphatic carbocycles. The number of hydrogen-bond acceptors (Lipinski definition) is 3. The van der Waals surface area contributed by atoms with E-state index in [2.05, 4.69) is 21.2 Å². The van der Waals surface area contributed by atoms with Crippen molar-refractivity contribution in [3.8, 4) is 0 Å². The number of carbonyl (C=O) groups excluding carboxylic acids is 1. The number of halogens is 1. The summed E-state index contributed by atoms with van der Waals surface area (Å²) in [6.07, 6.45) is 2.56. The van der Waals surface area contributed by atoms with E-state index >= 15 is 0 Å². The molecular formula is C13H17BrN2O2. The lowest BCUT2D eigenvalue weighted by atomic mass is 10.2. The molecule has 1 aromatic rings. The molecular weight excluding hydrogens is 296 g/mol. The minimum absolute atomic E-state index is 0.121. The number of hydrogen-bond donors (Lipinski definition) is 2. The van der Waals surface area contributed by atoms with E-state index in [0.717, 1.165) is 17.0 Å². The summed E-state index contributed by atoms with van der Waals surface area (Å²) in [6.45, 7) is 1.91. The van der Waals surface area contributed by atoms with Crippen LogP contribution in [-0.2, 0) is 4.74 Å². The molecule has 0 spiro atoms. The summed E-state index contributed by atoms with van der Waals surface area (Å²) in [6, 6.07) is 5.17. The van der Waals surface area contributed by atoms with Gasteiger partial charge < -0.3 is 15.8 Å². The molecule has 1 fully saturated rings. The summed E-state index contributed by atoms with van der Waals surface area (Å²) < 4.78 is 6.24. The zero-order valence-electron chi connectivity index (χ0n) is 10.1. The fourth-order valence-electron chi connectivity index (χ4n) is 1.56. The molecule has 5 heteroatoms. The van der Waals surface area contributed by atoms with Gasteiger partial charge in [-0.15, -0.1) is 0 Å². The van der Waals surface area contributed by atoms with E-state index in [1.54, 1.807) is 18.2 Å². The second-order valence-corrected chi connectivity index (χ2v) is 5.36. The Balaban J connectivity index is 1.70. The third-order valence-electron chi connectivity index (χ3n) is 2.84. The molecule has 0 unspecified atom stereocenters. The first-order valence-electron chi connectivity index (χ1n) is 6.08. The molecule has 0 saturated heterocycles. The largest absolute Gasteiger partial charge is 0.398 e. The predicted molar refractivity (Wildman–Crippen MR) is 74.4 cm³/mol. The Morgan fingerprint density at radius 2 is 2.28 bits per heavy atom. The fourth-order valence-corrected chi connectivity index (χ4v) is 1.80. The molecule has 3 N–H and O–H groups in total. The van der Waals surface area contributed by atoms with Gasteiger partial charge in [0.2, 0.25) is 0 Å². The number of nitrogen functional groups attached to an aromatic ring is 1. The Hall–Kier alpha value is -1.07. The zero-order chi connectivity index (χ0) is 13.0. The van der Waals surface area contributed by atoms with Crippen LogP contribution in [-0.4, -0.2) is 25.7 Å². The Kier molecular flexibility index (Phi) is 4.60. The lowest BCUT2D eigenvalue weighted by molar-refractivity contribution is 0.0906. The molecule has 0 bridgehead atoms. The van der Waals surface area contributed by atoms with Crippen LogP contribution in [0.4, 0.5) is 5.69 Å². The van der Waals surface area contributed by atoms with Crippen molar-refractivity contribution in [2.24, 2.45) is 5.92 Å². The number of amides is 1. The minimum atomic E-state index is -0.121. The van der Waals surface area contributed by atoms with E-state index in [1.807, 2.05) is 0 Å².